The quantitative estimate of drug-likeness (QED) is 0.0271. The van der Waals surface area contributed by atoms with Crippen molar-refractivity contribution in [1.82, 2.24) is 40.8 Å². The van der Waals surface area contributed by atoms with E-state index in [1.807, 2.05) is 38.1 Å². The molecule has 4 N–H and O–H groups in total. The second-order valence-electron chi connectivity index (χ2n) is 16.3. The average molecular weight is 825 g/mol. The van der Waals surface area contributed by atoms with E-state index in [0.717, 1.165) is 70.8 Å². The topological polar surface area (TPSA) is 118 Å². The van der Waals surface area contributed by atoms with Crippen molar-refractivity contribution in [2.45, 2.75) is 182 Å². The molecule has 2 aromatic carbocycles. The van der Waals surface area contributed by atoms with E-state index in [4.69, 9.17) is 9.97 Å². The maximum atomic E-state index is 13.5. The Morgan fingerprint density at radius 1 is 0.508 bits per heavy atom. The van der Waals surface area contributed by atoms with Crippen LogP contribution in [0.1, 0.15) is 184 Å². The number of aromatic nitrogens is 4. The van der Waals surface area contributed by atoms with E-state index < -0.39 is 0 Å². The molecule has 0 spiro atoms. The van der Waals surface area contributed by atoms with Crippen LogP contribution in [0.15, 0.2) is 48.5 Å². The standard InChI is InChI=1S/C48H72N8O2S/c1-5-7-9-11-13-15-17-19-21-27-33-55-41-31-25-23-29-39(41)51-43(55)35-49-53-47(57)45-37(3)38(4)46(59-45)48(58)54-50-36-44-52-40-30-24-26-32-42(40)56(44)34-28-22-20-18-16-14-12-10-8-6-2/h23-26,29-32,49-50H,5-22,27-28,33-36H2,1-4H3,(H,53,57)(H,54,58). The van der Waals surface area contributed by atoms with Crippen LogP contribution in [-0.4, -0.2) is 30.9 Å². The van der Waals surface area contributed by atoms with Gasteiger partial charge < -0.3 is 9.13 Å². The van der Waals surface area contributed by atoms with Crippen LogP contribution in [-0.2, 0) is 26.2 Å². The molecule has 0 saturated carbocycles. The van der Waals surface area contributed by atoms with Crippen LogP contribution in [0.3, 0.4) is 0 Å². The van der Waals surface area contributed by atoms with Crippen molar-refractivity contribution in [2.75, 3.05) is 0 Å². The maximum absolute atomic E-state index is 13.5. The van der Waals surface area contributed by atoms with E-state index in [1.165, 1.54) is 127 Å². The first-order chi connectivity index (χ1) is 28.9. The third-order valence-electron chi connectivity index (χ3n) is 11.7. The Morgan fingerprint density at radius 2 is 0.847 bits per heavy atom. The maximum Gasteiger partial charge on any atom is 0.275 e. The Morgan fingerprint density at radius 3 is 1.22 bits per heavy atom. The number of carbonyl (C=O) groups is 2. The van der Waals surface area contributed by atoms with Crippen LogP contribution < -0.4 is 21.7 Å². The SMILES string of the molecule is CCCCCCCCCCCCn1c(CNNC(=O)c2sc(C(=O)NNCc3nc4ccccc4n3CCCCCCCCCCCC)c(C)c2C)nc2ccccc21. The average Bonchev–Trinajstić information content (AvgIpc) is 3.89. The van der Waals surface area contributed by atoms with E-state index in [1.54, 1.807) is 0 Å². The van der Waals surface area contributed by atoms with Gasteiger partial charge in [0.1, 0.15) is 11.6 Å². The molecule has 0 aliphatic rings. The fraction of sp³-hybridized carbons (Fsp3) is 0.583. The van der Waals surface area contributed by atoms with Gasteiger partial charge in [-0.3, -0.25) is 20.4 Å². The lowest BCUT2D eigenvalue weighted by Gasteiger charge is -2.11. The van der Waals surface area contributed by atoms with Crippen molar-refractivity contribution in [3.8, 4) is 0 Å². The van der Waals surface area contributed by atoms with Gasteiger partial charge in [-0.15, -0.1) is 11.3 Å². The number of thiophene rings is 1. The lowest BCUT2D eigenvalue weighted by atomic mass is 10.1. The summed E-state index contributed by atoms with van der Waals surface area (Å²) in [5.74, 6) is 1.26. The molecule has 0 atom stereocenters. The van der Waals surface area contributed by atoms with Gasteiger partial charge in [-0.1, -0.05) is 154 Å². The molecule has 0 aliphatic carbocycles. The third-order valence-corrected chi connectivity index (χ3v) is 13.1. The second kappa shape index (κ2) is 25.5. The normalized spacial score (nSPS) is 11.6. The number of nitrogens with one attached hydrogen (secondary N) is 4. The van der Waals surface area contributed by atoms with Gasteiger partial charge in [0.05, 0.1) is 44.9 Å². The molecule has 0 bridgehead atoms. The van der Waals surface area contributed by atoms with Crippen molar-refractivity contribution >= 4 is 45.2 Å². The van der Waals surface area contributed by atoms with Crippen molar-refractivity contribution < 1.29 is 9.59 Å². The molecule has 3 aromatic heterocycles. The minimum absolute atomic E-state index is 0.263. The highest BCUT2D eigenvalue weighted by Crippen LogP contribution is 2.28. The number of hydrogen-bond donors (Lipinski definition) is 4. The molecular weight excluding hydrogens is 753 g/mol. The molecule has 0 radical (unpaired) electrons. The number of amides is 2. The van der Waals surface area contributed by atoms with Gasteiger partial charge >= 0.3 is 0 Å². The number of imidazole rings is 2. The van der Waals surface area contributed by atoms with Crippen LogP contribution in [0.5, 0.6) is 0 Å². The molecule has 10 nitrogen and oxygen atoms in total. The fourth-order valence-electron chi connectivity index (χ4n) is 8.08. The Hall–Kier alpha value is -4.06. The van der Waals surface area contributed by atoms with Gasteiger partial charge in [0.2, 0.25) is 0 Å². The minimum Gasteiger partial charge on any atom is -0.327 e. The molecule has 322 valence electrons. The van der Waals surface area contributed by atoms with E-state index in [0.29, 0.717) is 22.8 Å². The monoisotopic (exact) mass is 825 g/mol. The van der Waals surface area contributed by atoms with Gasteiger partial charge in [0.15, 0.2) is 0 Å². The van der Waals surface area contributed by atoms with Gasteiger partial charge in [-0.05, 0) is 62.1 Å². The number of unbranched alkanes of at least 4 members (excludes halogenated alkanes) is 18. The lowest BCUT2D eigenvalue weighted by molar-refractivity contribution is 0.0928. The Balaban J connectivity index is 1.08. The van der Waals surface area contributed by atoms with Crippen molar-refractivity contribution in [2.24, 2.45) is 0 Å². The molecule has 0 saturated heterocycles. The summed E-state index contributed by atoms with van der Waals surface area (Å²) < 4.78 is 4.56. The van der Waals surface area contributed by atoms with E-state index in [2.05, 4.69) is 69.0 Å². The predicted octanol–water partition coefficient (Wildman–Crippen LogP) is 11.8. The summed E-state index contributed by atoms with van der Waals surface area (Å²) in [5, 5.41) is 0. The number of nitrogens with zero attached hydrogens (tertiary/aromatic N) is 4. The largest absolute Gasteiger partial charge is 0.327 e. The zero-order valence-corrected chi connectivity index (χ0v) is 37.4. The molecule has 0 aliphatic heterocycles. The third kappa shape index (κ3) is 14.0. The fourth-order valence-corrected chi connectivity index (χ4v) is 9.19. The van der Waals surface area contributed by atoms with E-state index >= 15 is 0 Å². The van der Waals surface area contributed by atoms with Crippen molar-refractivity contribution in [1.29, 1.82) is 0 Å². The Bertz CT molecular complexity index is 1870. The highest BCUT2D eigenvalue weighted by molar-refractivity contribution is 7.16. The molecule has 0 unspecified atom stereocenters. The minimum atomic E-state index is -0.263. The first-order valence-corrected chi connectivity index (χ1v) is 23.8. The van der Waals surface area contributed by atoms with Crippen LogP contribution >= 0.6 is 11.3 Å². The summed E-state index contributed by atoms with van der Waals surface area (Å²) in [6.45, 7) is 10.9. The number of carbonyl (C=O) groups excluding carboxylic acids is 2. The Kier molecular flexibility index (Phi) is 19.9. The summed E-state index contributed by atoms with van der Waals surface area (Å²) in [7, 11) is 0. The summed E-state index contributed by atoms with van der Waals surface area (Å²) in [6, 6.07) is 16.5. The second-order valence-corrected chi connectivity index (χ2v) is 17.3. The van der Waals surface area contributed by atoms with Crippen LogP contribution in [0.25, 0.3) is 22.1 Å². The van der Waals surface area contributed by atoms with Crippen molar-refractivity contribution in [3.63, 3.8) is 0 Å². The summed E-state index contributed by atoms with van der Waals surface area (Å²) in [4.78, 5) is 37.7. The first-order valence-electron chi connectivity index (χ1n) is 23.0. The summed E-state index contributed by atoms with van der Waals surface area (Å²) in [5.41, 5.74) is 17.8. The van der Waals surface area contributed by atoms with Gasteiger partial charge in [-0.2, -0.15) is 0 Å². The summed E-state index contributed by atoms with van der Waals surface area (Å²) >= 11 is 1.21. The zero-order chi connectivity index (χ0) is 41.7. The number of benzene rings is 2. The number of para-hydroxylation sites is 4. The zero-order valence-electron chi connectivity index (χ0n) is 36.6. The first kappa shape index (κ1) is 46.0. The Labute approximate surface area is 357 Å². The molecule has 5 aromatic rings. The van der Waals surface area contributed by atoms with Crippen LogP contribution in [0, 0.1) is 13.8 Å². The smallest absolute Gasteiger partial charge is 0.275 e. The molecule has 5 rings (SSSR count). The molecular formula is C48H72N8O2S. The molecule has 2 amide bonds. The van der Waals surface area contributed by atoms with Crippen LogP contribution in [0.2, 0.25) is 0 Å². The van der Waals surface area contributed by atoms with Crippen LogP contribution in [0.4, 0.5) is 0 Å². The van der Waals surface area contributed by atoms with Gasteiger partial charge in [-0.25, -0.2) is 20.8 Å². The van der Waals surface area contributed by atoms with Gasteiger partial charge in [0, 0.05) is 13.1 Å². The van der Waals surface area contributed by atoms with Gasteiger partial charge in [0.25, 0.3) is 11.8 Å². The number of fused-ring (bicyclic) bond motifs is 2. The number of aryl methyl sites for hydroxylation is 2. The highest BCUT2D eigenvalue weighted by Gasteiger charge is 2.22. The van der Waals surface area contributed by atoms with Crippen molar-refractivity contribution in [3.05, 3.63) is 81.1 Å². The molecule has 3 heterocycles. The highest BCUT2D eigenvalue weighted by atomic mass is 32.1. The van der Waals surface area contributed by atoms with E-state index in [-0.39, 0.29) is 11.8 Å². The molecule has 11 heteroatoms. The predicted molar refractivity (Wildman–Crippen MR) is 246 cm³/mol. The number of hydrazine groups is 2. The molecule has 0 fully saturated rings. The number of hydrogen-bond acceptors (Lipinski definition) is 7. The number of rotatable bonds is 30. The lowest BCUT2D eigenvalue weighted by Crippen LogP contribution is -2.37. The molecule has 59 heavy (non-hydrogen) atoms. The summed E-state index contributed by atoms with van der Waals surface area (Å²) in [6.07, 6.45) is 25.9. The van der Waals surface area contributed by atoms with E-state index in [9.17, 15) is 9.59 Å².